The third-order valence-corrected chi connectivity index (χ3v) is 3.83. The van der Waals surface area contributed by atoms with Gasteiger partial charge in [0.15, 0.2) is 6.61 Å². The van der Waals surface area contributed by atoms with Crippen molar-refractivity contribution in [2.75, 3.05) is 26.1 Å². The van der Waals surface area contributed by atoms with Crippen LogP contribution in [0.25, 0.3) is 0 Å². The van der Waals surface area contributed by atoms with Gasteiger partial charge in [-0.2, -0.15) is 0 Å². The highest BCUT2D eigenvalue weighted by Crippen LogP contribution is 2.29. The van der Waals surface area contributed by atoms with E-state index in [2.05, 4.69) is 5.32 Å². The lowest BCUT2D eigenvalue weighted by atomic mass is 10.1. The molecule has 138 valence electrons. The van der Waals surface area contributed by atoms with Crippen molar-refractivity contribution >= 4 is 17.6 Å². The predicted octanol–water partition coefficient (Wildman–Crippen LogP) is 3.42. The fourth-order valence-corrected chi connectivity index (χ4v) is 2.66. The van der Waals surface area contributed by atoms with E-state index in [0.717, 1.165) is 16.7 Å². The lowest BCUT2D eigenvalue weighted by Gasteiger charge is -2.12. The fraction of sp³-hybridized carbons (Fsp3) is 0.300. The van der Waals surface area contributed by atoms with Gasteiger partial charge in [0, 0.05) is 11.3 Å². The first kappa shape index (κ1) is 19.3. The van der Waals surface area contributed by atoms with E-state index in [0.29, 0.717) is 17.2 Å². The number of benzene rings is 2. The predicted molar refractivity (Wildman–Crippen MR) is 99.1 cm³/mol. The van der Waals surface area contributed by atoms with Crippen LogP contribution in [0.4, 0.5) is 5.69 Å². The van der Waals surface area contributed by atoms with E-state index in [4.69, 9.17) is 14.2 Å². The summed E-state index contributed by atoms with van der Waals surface area (Å²) in [6.45, 7) is 5.33. The van der Waals surface area contributed by atoms with Gasteiger partial charge in [-0.1, -0.05) is 6.07 Å². The normalized spacial score (nSPS) is 10.2. The summed E-state index contributed by atoms with van der Waals surface area (Å²) < 4.78 is 15.6. The van der Waals surface area contributed by atoms with Gasteiger partial charge < -0.3 is 19.5 Å². The molecule has 0 saturated carbocycles. The molecule has 0 aliphatic rings. The maximum Gasteiger partial charge on any atom is 0.338 e. The third kappa shape index (κ3) is 4.75. The lowest BCUT2D eigenvalue weighted by molar-refractivity contribution is -0.119. The maximum atomic E-state index is 12.2. The van der Waals surface area contributed by atoms with Gasteiger partial charge in [0.2, 0.25) is 0 Å². The molecule has 2 aromatic carbocycles. The minimum atomic E-state index is -0.628. The smallest absolute Gasteiger partial charge is 0.338 e. The molecule has 0 radical (unpaired) electrons. The molecule has 0 aliphatic carbocycles. The molecule has 1 amide bonds. The van der Waals surface area contributed by atoms with Crippen LogP contribution < -0.4 is 14.8 Å². The summed E-state index contributed by atoms with van der Waals surface area (Å²) in [6, 6.07) is 8.82. The highest BCUT2D eigenvalue weighted by molar-refractivity contribution is 5.96. The molecule has 0 fully saturated rings. The van der Waals surface area contributed by atoms with Crippen molar-refractivity contribution in [1.82, 2.24) is 0 Å². The minimum Gasteiger partial charge on any atom is -0.496 e. The van der Waals surface area contributed by atoms with Crippen molar-refractivity contribution in [1.29, 1.82) is 0 Å². The third-order valence-electron chi connectivity index (χ3n) is 3.83. The monoisotopic (exact) mass is 357 g/mol. The number of aryl methyl sites for hydroxylation is 2. The van der Waals surface area contributed by atoms with E-state index in [1.807, 2.05) is 39.0 Å². The van der Waals surface area contributed by atoms with Gasteiger partial charge in [0.25, 0.3) is 5.91 Å². The van der Waals surface area contributed by atoms with Gasteiger partial charge in [0.05, 0.1) is 19.8 Å². The molecule has 0 aromatic heterocycles. The molecule has 0 bridgehead atoms. The quantitative estimate of drug-likeness (QED) is 0.802. The molecule has 0 saturated heterocycles. The average molecular weight is 357 g/mol. The summed E-state index contributed by atoms with van der Waals surface area (Å²) in [6.07, 6.45) is 0. The molecular weight excluding hydrogens is 334 g/mol. The van der Waals surface area contributed by atoms with Crippen LogP contribution in [0, 0.1) is 20.8 Å². The zero-order valence-electron chi connectivity index (χ0n) is 15.6. The number of ether oxygens (including phenoxy) is 3. The molecule has 6 nitrogen and oxygen atoms in total. The number of hydrogen-bond donors (Lipinski definition) is 1. The second kappa shape index (κ2) is 8.38. The summed E-state index contributed by atoms with van der Waals surface area (Å²) in [5.41, 5.74) is 3.78. The summed E-state index contributed by atoms with van der Waals surface area (Å²) in [7, 11) is 3.02. The highest BCUT2D eigenvalue weighted by atomic mass is 16.5. The van der Waals surface area contributed by atoms with Gasteiger partial charge in [0.1, 0.15) is 11.5 Å². The molecule has 6 heteroatoms. The first-order chi connectivity index (χ1) is 12.3. The van der Waals surface area contributed by atoms with Gasteiger partial charge in [-0.25, -0.2) is 4.79 Å². The SMILES string of the molecule is COc1cc(C(=O)OCC(=O)Nc2cc(C)cc(C)c2)cc(OC)c1C. The summed E-state index contributed by atoms with van der Waals surface area (Å²) in [4.78, 5) is 24.3. The Labute approximate surface area is 153 Å². The van der Waals surface area contributed by atoms with E-state index in [9.17, 15) is 9.59 Å². The van der Waals surface area contributed by atoms with Crippen molar-refractivity contribution in [2.45, 2.75) is 20.8 Å². The Bertz CT molecular complexity index is 784. The molecule has 0 atom stereocenters. The Kier molecular flexibility index (Phi) is 6.22. The number of hydrogen-bond acceptors (Lipinski definition) is 5. The number of rotatable bonds is 6. The number of nitrogens with one attached hydrogen (secondary N) is 1. The van der Waals surface area contributed by atoms with Crippen LogP contribution in [0.5, 0.6) is 11.5 Å². The molecule has 2 rings (SSSR count). The second-order valence-electron chi connectivity index (χ2n) is 6.01. The van der Waals surface area contributed by atoms with Crippen molar-refractivity contribution in [2.24, 2.45) is 0 Å². The molecule has 0 heterocycles. The Morgan fingerprint density at radius 3 is 1.92 bits per heavy atom. The lowest BCUT2D eigenvalue weighted by Crippen LogP contribution is -2.21. The van der Waals surface area contributed by atoms with Crippen LogP contribution in [0.1, 0.15) is 27.0 Å². The summed E-state index contributed by atoms with van der Waals surface area (Å²) in [5, 5.41) is 2.72. The van der Waals surface area contributed by atoms with Crippen LogP contribution in [-0.2, 0) is 9.53 Å². The van der Waals surface area contributed by atoms with Crippen LogP contribution in [0.2, 0.25) is 0 Å². The van der Waals surface area contributed by atoms with Gasteiger partial charge in [-0.3, -0.25) is 4.79 Å². The molecular formula is C20H23NO5. The molecule has 0 spiro atoms. The Balaban J connectivity index is 2.03. The molecule has 0 aliphatic heterocycles. The first-order valence-corrected chi connectivity index (χ1v) is 8.12. The number of esters is 1. The standard InChI is InChI=1S/C20H23NO5/c1-12-6-13(2)8-16(7-12)21-19(22)11-26-20(23)15-9-17(24-4)14(3)18(10-15)25-5/h6-10H,11H2,1-5H3,(H,21,22). The second-order valence-corrected chi connectivity index (χ2v) is 6.01. The van der Waals surface area contributed by atoms with Gasteiger partial charge in [-0.15, -0.1) is 0 Å². The van der Waals surface area contributed by atoms with E-state index >= 15 is 0 Å². The van der Waals surface area contributed by atoms with Crippen LogP contribution >= 0.6 is 0 Å². The summed E-state index contributed by atoms with van der Waals surface area (Å²) >= 11 is 0. The number of carbonyl (C=O) groups is 2. The zero-order valence-corrected chi connectivity index (χ0v) is 15.6. The number of anilines is 1. The minimum absolute atomic E-state index is 0.253. The van der Waals surface area contributed by atoms with Crippen molar-refractivity contribution < 1.29 is 23.8 Å². The van der Waals surface area contributed by atoms with Gasteiger partial charge in [-0.05, 0) is 56.2 Å². The Morgan fingerprint density at radius 1 is 0.885 bits per heavy atom. The number of amides is 1. The molecule has 26 heavy (non-hydrogen) atoms. The van der Waals surface area contributed by atoms with Crippen molar-refractivity contribution in [3.8, 4) is 11.5 Å². The van der Waals surface area contributed by atoms with Crippen LogP contribution in [0.15, 0.2) is 30.3 Å². The summed E-state index contributed by atoms with van der Waals surface area (Å²) in [5.74, 6) is -0.0152. The molecule has 0 unspecified atom stereocenters. The van der Waals surface area contributed by atoms with Crippen molar-refractivity contribution in [3.63, 3.8) is 0 Å². The van der Waals surface area contributed by atoms with E-state index in [-0.39, 0.29) is 12.2 Å². The average Bonchev–Trinajstić information content (AvgIpc) is 2.59. The Morgan fingerprint density at radius 2 is 1.42 bits per heavy atom. The zero-order chi connectivity index (χ0) is 19.3. The largest absolute Gasteiger partial charge is 0.496 e. The van der Waals surface area contributed by atoms with Gasteiger partial charge >= 0.3 is 5.97 Å². The van der Waals surface area contributed by atoms with Crippen LogP contribution in [0.3, 0.4) is 0 Å². The Hall–Kier alpha value is -3.02. The van der Waals surface area contributed by atoms with Crippen molar-refractivity contribution in [3.05, 3.63) is 52.6 Å². The topological polar surface area (TPSA) is 73.9 Å². The fourth-order valence-electron chi connectivity index (χ4n) is 2.66. The van der Waals surface area contributed by atoms with E-state index < -0.39 is 11.9 Å². The van der Waals surface area contributed by atoms with E-state index in [1.165, 1.54) is 14.2 Å². The van der Waals surface area contributed by atoms with Crippen LogP contribution in [-0.4, -0.2) is 32.7 Å². The van der Waals surface area contributed by atoms with E-state index in [1.54, 1.807) is 12.1 Å². The highest BCUT2D eigenvalue weighted by Gasteiger charge is 2.16. The first-order valence-electron chi connectivity index (χ1n) is 8.12. The maximum absolute atomic E-state index is 12.2. The molecule has 1 N–H and O–H groups in total. The number of methoxy groups -OCH3 is 2. The molecule has 2 aromatic rings. The number of carbonyl (C=O) groups excluding carboxylic acids is 2.